The minimum Gasteiger partial charge on any atom is -0.423 e. The smallest absolute Gasteiger partial charge is 0.336 e. The van der Waals surface area contributed by atoms with Crippen molar-refractivity contribution < 1.29 is 4.42 Å². The SMILES string of the molecule is Cc1ccc2oc(=O)cc(CC3=NCCc4ccccc43)c2c1. The van der Waals surface area contributed by atoms with E-state index in [1.54, 1.807) is 6.07 Å². The summed E-state index contributed by atoms with van der Waals surface area (Å²) in [5, 5.41) is 0.996. The predicted molar refractivity (Wildman–Crippen MR) is 92.5 cm³/mol. The number of hydrogen-bond acceptors (Lipinski definition) is 3. The molecule has 3 aromatic rings. The topological polar surface area (TPSA) is 42.6 Å². The Balaban J connectivity index is 1.83. The lowest BCUT2D eigenvalue weighted by Crippen LogP contribution is -2.16. The molecule has 0 saturated carbocycles. The standard InChI is InChI=1S/C20H17NO2/c1-13-6-7-19-17(10-13)15(12-20(22)23-19)11-18-16-5-3-2-4-14(16)8-9-21-18/h2-7,10,12H,8-9,11H2,1H3. The molecule has 2 aromatic carbocycles. The summed E-state index contributed by atoms with van der Waals surface area (Å²) in [6.07, 6.45) is 1.64. The summed E-state index contributed by atoms with van der Waals surface area (Å²) in [6, 6.07) is 15.9. The molecule has 1 aliphatic heterocycles. The van der Waals surface area contributed by atoms with Gasteiger partial charge in [0.05, 0.1) is 0 Å². The molecule has 0 radical (unpaired) electrons. The summed E-state index contributed by atoms with van der Waals surface area (Å²) in [6.45, 7) is 2.85. The van der Waals surface area contributed by atoms with Gasteiger partial charge in [-0.3, -0.25) is 4.99 Å². The van der Waals surface area contributed by atoms with Crippen molar-refractivity contribution in [3.63, 3.8) is 0 Å². The maximum atomic E-state index is 11.9. The van der Waals surface area contributed by atoms with Crippen LogP contribution in [0.2, 0.25) is 0 Å². The molecule has 1 aromatic heterocycles. The van der Waals surface area contributed by atoms with Gasteiger partial charge >= 0.3 is 5.63 Å². The number of aliphatic imine (C=N–C) groups is 1. The van der Waals surface area contributed by atoms with E-state index in [1.807, 2.05) is 25.1 Å². The van der Waals surface area contributed by atoms with E-state index in [0.717, 1.165) is 35.2 Å². The number of benzene rings is 2. The van der Waals surface area contributed by atoms with Gasteiger partial charge in [-0.15, -0.1) is 0 Å². The molecule has 0 bridgehead atoms. The molecular formula is C20H17NO2. The zero-order valence-electron chi connectivity index (χ0n) is 13.0. The van der Waals surface area contributed by atoms with E-state index >= 15 is 0 Å². The van der Waals surface area contributed by atoms with E-state index < -0.39 is 0 Å². The molecule has 3 nitrogen and oxygen atoms in total. The van der Waals surface area contributed by atoms with Gasteiger partial charge in [0, 0.05) is 30.1 Å². The highest BCUT2D eigenvalue weighted by Crippen LogP contribution is 2.23. The van der Waals surface area contributed by atoms with E-state index in [-0.39, 0.29) is 5.63 Å². The van der Waals surface area contributed by atoms with Crippen molar-refractivity contribution in [2.75, 3.05) is 6.54 Å². The Hall–Kier alpha value is -2.68. The molecule has 23 heavy (non-hydrogen) atoms. The second-order valence-electron chi connectivity index (χ2n) is 6.00. The zero-order chi connectivity index (χ0) is 15.8. The van der Waals surface area contributed by atoms with Crippen molar-refractivity contribution in [3.8, 4) is 0 Å². The number of fused-ring (bicyclic) bond motifs is 2. The van der Waals surface area contributed by atoms with Crippen LogP contribution in [0.25, 0.3) is 11.0 Å². The minimum absolute atomic E-state index is 0.305. The van der Waals surface area contributed by atoms with Crippen LogP contribution in [0.4, 0.5) is 0 Å². The summed E-state index contributed by atoms with van der Waals surface area (Å²) in [7, 11) is 0. The highest BCUT2D eigenvalue weighted by atomic mass is 16.4. The summed E-state index contributed by atoms with van der Waals surface area (Å²) >= 11 is 0. The molecule has 0 amide bonds. The summed E-state index contributed by atoms with van der Waals surface area (Å²) in [4.78, 5) is 16.6. The normalized spacial score (nSPS) is 13.7. The zero-order valence-corrected chi connectivity index (χ0v) is 13.0. The first kappa shape index (κ1) is 13.9. The quantitative estimate of drug-likeness (QED) is 0.678. The van der Waals surface area contributed by atoms with Crippen LogP contribution in [0.15, 0.2) is 62.7 Å². The van der Waals surface area contributed by atoms with Crippen molar-refractivity contribution in [1.82, 2.24) is 0 Å². The Kier molecular flexibility index (Phi) is 3.34. The largest absolute Gasteiger partial charge is 0.423 e. The fourth-order valence-electron chi connectivity index (χ4n) is 3.24. The van der Waals surface area contributed by atoms with Gasteiger partial charge in [-0.2, -0.15) is 0 Å². The Morgan fingerprint density at radius 2 is 2.00 bits per heavy atom. The monoisotopic (exact) mass is 303 g/mol. The van der Waals surface area contributed by atoms with Crippen molar-refractivity contribution in [3.05, 3.63) is 81.2 Å². The fourth-order valence-corrected chi connectivity index (χ4v) is 3.24. The van der Waals surface area contributed by atoms with Gasteiger partial charge < -0.3 is 4.42 Å². The molecule has 0 fully saturated rings. The predicted octanol–water partition coefficient (Wildman–Crippen LogP) is 3.69. The van der Waals surface area contributed by atoms with E-state index in [1.165, 1.54) is 11.1 Å². The van der Waals surface area contributed by atoms with Crippen LogP contribution in [-0.2, 0) is 12.8 Å². The van der Waals surface area contributed by atoms with E-state index in [0.29, 0.717) is 12.0 Å². The highest BCUT2D eigenvalue weighted by molar-refractivity contribution is 6.05. The molecule has 0 atom stereocenters. The molecule has 0 aliphatic carbocycles. The summed E-state index contributed by atoms with van der Waals surface area (Å²) < 4.78 is 5.32. The Labute approximate surface area is 134 Å². The van der Waals surface area contributed by atoms with E-state index in [9.17, 15) is 4.79 Å². The molecule has 2 heterocycles. The molecule has 0 saturated heterocycles. The fraction of sp³-hybridized carbons (Fsp3) is 0.200. The van der Waals surface area contributed by atoms with Crippen molar-refractivity contribution in [1.29, 1.82) is 0 Å². The average Bonchev–Trinajstić information content (AvgIpc) is 2.56. The molecule has 0 spiro atoms. The van der Waals surface area contributed by atoms with Crippen LogP contribution in [0.3, 0.4) is 0 Å². The molecular weight excluding hydrogens is 286 g/mol. The lowest BCUT2D eigenvalue weighted by Gasteiger charge is -2.17. The van der Waals surface area contributed by atoms with E-state index in [2.05, 4.69) is 24.3 Å². The van der Waals surface area contributed by atoms with Gasteiger partial charge in [-0.1, -0.05) is 35.9 Å². The van der Waals surface area contributed by atoms with Gasteiger partial charge in [0.2, 0.25) is 0 Å². The Bertz CT molecular complexity index is 982. The third kappa shape index (κ3) is 2.59. The van der Waals surface area contributed by atoms with Gasteiger partial charge in [0.25, 0.3) is 0 Å². The molecule has 114 valence electrons. The number of hydrogen-bond donors (Lipinski definition) is 0. The summed E-state index contributed by atoms with van der Waals surface area (Å²) in [5.41, 5.74) is 6.06. The van der Waals surface area contributed by atoms with Crippen LogP contribution in [0.5, 0.6) is 0 Å². The second-order valence-corrected chi connectivity index (χ2v) is 6.00. The molecule has 0 N–H and O–H groups in total. The van der Waals surface area contributed by atoms with Gasteiger partial charge in [0.1, 0.15) is 5.58 Å². The van der Waals surface area contributed by atoms with Crippen LogP contribution >= 0.6 is 0 Å². The molecule has 1 aliphatic rings. The number of rotatable bonds is 2. The average molecular weight is 303 g/mol. The lowest BCUT2D eigenvalue weighted by molar-refractivity contribution is 0.559. The van der Waals surface area contributed by atoms with Crippen molar-refractivity contribution >= 4 is 16.7 Å². The molecule has 0 unspecified atom stereocenters. The van der Waals surface area contributed by atoms with Crippen LogP contribution in [-0.4, -0.2) is 12.3 Å². The third-order valence-electron chi connectivity index (χ3n) is 4.35. The Morgan fingerprint density at radius 3 is 2.91 bits per heavy atom. The summed E-state index contributed by atoms with van der Waals surface area (Å²) in [5.74, 6) is 0. The van der Waals surface area contributed by atoms with Crippen LogP contribution < -0.4 is 5.63 Å². The van der Waals surface area contributed by atoms with Gasteiger partial charge in [-0.25, -0.2) is 4.79 Å². The van der Waals surface area contributed by atoms with Gasteiger partial charge in [0.15, 0.2) is 0 Å². The maximum absolute atomic E-state index is 11.9. The minimum atomic E-state index is -0.305. The van der Waals surface area contributed by atoms with Gasteiger partial charge in [-0.05, 0) is 42.2 Å². The Morgan fingerprint density at radius 1 is 1.13 bits per heavy atom. The first-order chi connectivity index (χ1) is 11.2. The lowest BCUT2D eigenvalue weighted by atomic mass is 9.93. The van der Waals surface area contributed by atoms with Crippen LogP contribution in [0, 0.1) is 6.92 Å². The number of nitrogens with zero attached hydrogens (tertiary/aromatic N) is 1. The molecule has 3 heteroatoms. The highest BCUT2D eigenvalue weighted by Gasteiger charge is 2.16. The van der Waals surface area contributed by atoms with Crippen LogP contribution in [0.1, 0.15) is 22.3 Å². The second kappa shape index (κ2) is 5.51. The maximum Gasteiger partial charge on any atom is 0.336 e. The number of aryl methyl sites for hydroxylation is 1. The molecule has 4 rings (SSSR count). The first-order valence-electron chi connectivity index (χ1n) is 7.86. The van der Waals surface area contributed by atoms with Crippen molar-refractivity contribution in [2.45, 2.75) is 19.8 Å². The first-order valence-corrected chi connectivity index (χ1v) is 7.86. The van der Waals surface area contributed by atoms with Crippen molar-refractivity contribution in [2.24, 2.45) is 4.99 Å². The van der Waals surface area contributed by atoms with E-state index in [4.69, 9.17) is 9.41 Å². The third-order valence-corrected chi connectivity index (χ3v) is 4.35.